The number of rotatable bonds is 6. The minimum atomic E-state index is -0.118. The minimum absolute atomic E-state index is 0. The molecule has 0 unspecified atom stereocenters. The molecule has 0 saturated carbocycles. The molecule has 0 spiro atoms. The molecule has 1 heterocycles. The summed E-state index contributed by atoms with van der Waals surface area (Å²) in [6.07, 6.45) is 3.68. The second-order valence-electron chi connectivity index (χ2n) is 5.85. The van der Waals surface area contributed by atoms with Gasteiger partial charge in [0.15, 0.2) is 5.69 Å². The predicted octanol–water partition coefficient (Wildman–Crippen LogP) is 3.43. The number of benzene rings is 1. The largest absolute Gasteiger partial charge is 0.351 e. The summed E-state index contributed by atoms with van der Waals surface area (Å²) in [5.41, 5.74) is 3.37. The van der Waals surface area contributed by atoms with Crippen molar-refractivity contribution in [2.24, 2.45) is 0 Å². The van der Waals surface area contributed by atoms with Gasteiger partial charge in [0, 0.05) is 22.8 Å². The van der Waals surface area contributed by atoms with Crippen LogP contribution >= 0.6 is 35.6 Å². The molecule has 25 heavy (non-hydrogen) atoms. The van der Waals surface area contributed by atoms with Crippen LogP contribution in [-0.4, -0.2) is 35.8 Å². The van der Waals surface area contributed by atoms with Crippen LogP contribution in [0.4, 0.5) is 0 Å². The van der Waals surface area contributed by atoms with E-state index in [-0.39, 0.29) is 18.3 Å². The molecule has 136 valence electrons. The monoisotopic (exact) mass is 402 g/mol. The molecule has 3 rings (SSSR count). The van der Waals surface area contributed by atoms with E-state index in [2.05, 4.69) is 15.7 Å². The molecule has 1 aliphatic rings. The maximum absolute atomic E-state index is 12.5. The van der Waals surface area contributed by atoms with E-state index in [4.69, 9.17) is 23.2 Å². The first-order valence-corrected chi connectivity index (χ1v) is 8.86. The molecule has 0 radical (unpaired) electrons. The molecule has 0 aliphatic heterocycles. The van der Waals surface area contributed by atoms with Gasteiger partial charge >= 0.3 is 0 Å². The number of aromatic nitrogens is 2. The molecule has 0 saturated heterocycles. The number of nitrogens with one attached hydrogen (secondary N) is 2. The molecule has 5 nitrogen and oxygen atoms in total. The summed E-state index contributed by atoms with van der Waals surface area (Å²) in [5, 5.41) is 11.7. The minimum Gasteiger partial charge on any atom is -0.351 e. The van der Waals surface area contributed by atoms with Crippen molar-refractivity contribution in [3.63, 3.8) is 0 Å². The van der Waals surface area contributed by atoms with Crippen molar-refractivity contribution < 1.29 is 4.79 Å². The van der Waals surface area contributed by atoms with Gasteiger partial charge in [-0.3, -0.25) is 4.79 Å². The van der Waals surface area contributed by atoms with E-state index >= 15 is 0 Å². The summed E-state index contributed by atoms with van der Waals surface area (Å²) in [7, 11) is 1.90. The summed E-state index contributed by atoms with van der Waals surface area (Å²) in [6, 6.07) is 5.31. The maximum atomic E-state index is 12.5. The second-order valence-corrected chi connectivity index (χ2v) is 6.69. The SMILES string of the molecule is CNCCCNC(=O)c1nn(-c2ccc(Cl)cc2Cl)c2c1CCC2.Cl. The Kier molecular flexibility index (Phi) is 7.14. The smallest absolute Gasteiger partial charge is 0.272 e. The third kappa shape index (κ3) is 4.29. The van der Waals surface area contributed by atoms with Gasteiger partial charge in [0.1, 0.15) is 0 Å². The maximum Gasteiger partial charge on any atom is 0.272 e. The fraction of sp³-hybridized carbons (Fsp3) is 0.412. The van der Waals surface area contributed by atoms with Crippen LogP contribution in [-0.2, 0) is 12.8 Å². The Morgan fingerprint density at radius 3 is 2.80 bits per heavy atom. The lowest BCUT2D eigenvalue weighted by Gasteiger charge is -2.08. The lowest BCUT2D eigenvalue weighted by molar-refractivity contribution is 0.0947. The van der Waals surface area contributed by atoms with Crippen LogP contribution in [0, 0.1) is 0 Å². The molecule has 0 bridgehead atoms. The Bertz CT molecular complexity index is 761. The van der Waals surface area contributed by atoms with E-state index < -0.39 is 0 Å². The van der Waals surface area contributed by atoms with Crippen LogP contribution in [0.25, 0.3) is 5.69 Å². The predicted molar refractivity (Wildman–Crippen MR) is 104 cm³/mol. The normalized spacial score (nSPS) is 12.6. The molecule has 0 fully saturated rings. The van der Waals surface area contributed by atoms with Crippen molar-refractivity contribution in [2.45, 2.75) is 25.7 Å². The van der Waals surface area contributed by atoms with Gasteiger partial charge in [0.25, 0.3) is 5.91 Å². The summed E-state index contributed by atoms with van der Waals surface area (Å²) in [6.45, 7) is 1.50. The average molecular weight is 404 g/mol. The zero-order valence-corrected chi connectivity index (χ0v) is 16.3. The highest BCUT2D eigenvalue weighted by Gasteiger charge is 2.27. The first-order valence-electron chi connectivity index (χ1n) is 8.11. The Balaban J connectivity index is 0.00000225. The fourth-order valence-electron chi connectivity index (χ4n) is 3.02. The van der Waals surface area contributed by atoms with Crippen LogP contribution < -0.4 is 10.6 Å². The van der Waals surface area contributed by atoms with Crippen molar-refractivity contribution in [3.8, 4) is 5.69 Å². The van der Waals surface area contributed by atoms with E-state index in [1.807, 2.05) is 13.1 Å². The highest BCUT2D eigenvalue weighted by Crippen LogP contribution is 2.31. The van der Waals surface area contributed by atoms with Gasteiger partial charge in [0.05, 0.1) is 10.7 Å². The molecule has 2 aromatic rings. The zero-order valence-electron chi connectivity index (χ0n) is 13.9. The van der Waals surface area contributed by atoms with Crippen LogP contribution in [0.5, 0.6) is 0 Å². The second kappa shape index (κ2) is 8.90. The average Bonchev–Trinajstić information content (AvgIpc) is 3.14. The van der Waals surface area contributed by atoms with Crippen molar-refractivity contribution in [1.82, 2.24) is 20.4 Å². The molecule has 1 amide bonds. The highest BCUT2D eigenvalue weighted by atomic mass is 35.5. The van der Waals surface area contributed by atoms with Crippen LogP contribution in [0.2, 0.25) is 10.0 Å². The van der Waals surface area contributed by atoms with Crippen molar-refractivity contribution in [3.05, 3.63) is 45.2 Å². The molecular weight excluding hydrogens is 383 g/mol. The topological polar surface area (TPSA) is 58.9 Å². The van der Waals surface area contributed by atoms with Crippen LogP contribution in [0.3, 0.4) is 0 Å². The number of carbonyl (C=O) groups is 1. The molecule has 1 aliphatic carbocycles. The molecular formula is C17H21Cl3N4O. The van der Waals surface area contributed by atoms with Crippen LogP contribution in [0.1, 0.15) is 34.6 Å². The Labute approximate surface area is 163 Å². The van der Waals surface area contributed by atoms with Crippen molar-refractivity contribution in [1.29, 1.82) is 0 Å². The quantitative estimate of drug-likeness (QED) is 0.727. The Morgan fingerprint density at radius 1 is 1.28 bits per heavy atom. The number of nitrogens with zero attached hydrogens (tertiary/aromatic N) is 2. The van der Waals surface area contributed by atoms with Crippen LogP contribution in [0.15, 0.2) is 18.2 Å². The first-order chi connectivity index (χ1) is 11.6. The van der Waals surface area contributed by atoms with Gasteiger partial charge in [-0.1, -0.05) is 23.2 Å². The fourth-order valence-corrected chi connectivity index (χ4v) is 3.51. The Morgan fingerprint density at radius 2 is 2.08 bits per heavy atom. The number of halogens is 3. The van der Waals surface area contributed by atoms with E-state index in [0.29, 0.717) is 22.3 Å². The molecule has 2 N–H and O–H groups in total. The standard InChI is InChI=1S/C17H20Cl2N4O.ClH/c1-20-8-3-9-21-17(24)16-12-4-2-5-14(12)23(22-16)15-7-6-11(18)10-13(15)19;/h6-7,10,20H,2-5,8-9H2,1H3,(H,21,24);1H. The van der Waals surface area contributed by atoms with Gasteiger partial charge in [-0.2, -0.15) is 5.10 Å². The zero-order chi connectivity index (χ0) is 17.1. The van der Waals surface area contributed by atoms with Gasteiger partial charge in [0.2, 0.25) is 0 Å². The third-order valence-corrected chi connectivity index (χ3v) is 4.71. The van der Waals surface area contributed by atoms with Crippen molar-refractivity contribution in [2.75, 3.05) is 20.1 Å². The Hall–Kier alpha value is -1.27. The summed E-state index contributed by atoms with van der Waals surface area (Å²) in [5.74, 6) is -0.118. The summed E-state index contributed by atoms with van der Waals surface area (Å²) in [4.78, 5) is 12.5. The molecule has 0 atom stereocenters. The number of carbonyl (C=O) groups excluding carboxylic acids is 1. The highest BCUT2D eigenvalue weighted by molar-refractivity contribution is 6.35. The number of fused-ring (bicyclic) bond motifs is 1. The van der Waals surface area contributed by atoms with Gasteiger partial charge < -0.3 is 10.6 Å². The number of amides is 1. The summed E-state index contributed by atoms with van der Waals surface area (Å²) < 4.78 is 1.80. The number of hydrogen-bond acceptors (Lipinski definition) is 3. The van der Waals surface area contributed by atoms with Gasteiger partial charge in [-0.15, -0.1) is 12.4 Å². The van der Waals surface area contributed by atoms with Gasteiger partial charge in [-0.25, -0.2) is 4.68 Å². The first kappa shape index (κ1) is 20.0. The van der Waals surface area contributed by atoms with E-state index in [0.717, 1.165) is 49.2 Å². The van der Waals surface area contributed by atoms with E-state index in [1.54, 1.807) is 16.8 Å². The van der Waals surface area contributed by atoms with E-state index in [9.17, 15) is 4.79 Å². The summed E-state index contributed by atoms with van der Waals surface area (Å²) >= 11 is 12.3. The molecule has 8 heteroatoms. The van der Waals surface area contributed by atoms with Gasteiger partial charge in [-0.05, 0) is 57.5 Å². The molecule has 1 aromatic heterocycles. The lowest BCUT2D eigenvalue weighted by atomic mass is 10.2. The lowest BCUT2D eigenvalue weighted by Crippen LogP contribution is -2.27. The molecule has 1 aromatic carbocycles. The van der Waals surface area contributed by atoms with E-state index in [1.165, 1.54) is 0 Å². The van der Waals surface area contributed by atoms with Crippen molar-refractivity contribution >= 4 is 41.5 Å². The third-order valence-electron chi connectivity index (χ3n) is 4.17. The number of hydrogen-bond donors (Lipinski definition) is 2.